The third-order valence-corrected chi connectivity index (χ3v) is 4.70. The molecule has 6 heteroatoms. The van der Waals surface area contributed by atoms with Gasteiger partial charge in [-0.15, -0.1) is 0 Å². The number of anilines is 1. The molecule has 114 valence electrons. The highest BCUT2D eigenvalue weighted by Gasteiger charge is 2.13. The lowest BCUT2D eigenvalue weighted by atomic mass is 10.1. The molecule has 1 aromatic rings. The molecule has 0 radical (unpaired) electrons. The molecule has 0 fully saturated rings. The van der Waals surface area contributed by atoms with E-state index in [1.54, 1.807) is 0 Å². The Morgan fingerprint density at radius 2 is 1.75 bits per heavy atom. The van der Waals surface area contributed by atoms with Gasteiger partial charge in [0, 0.05) is 10.5 Å². The molecule has 2 N–H and O–H groups in total. The minimum Gasteiger partial charge on any atom is -0.314 e. The maximum absolute atomic E-state index is 12.1. The van der Waals surface area contributed by atoms with E-state index in [-0.39, 0.29) is 5.75 Å². The molecule has 0 amide bonds. The van der Waals surface area contributed by atoms with Gasteiger partial charge in [-0.3, -0.25) is 4.72 Å². The van der Waals surface area contributed by atoms with Crippen LogP contribution in [-0.4, -0.2) is 26.8 Å². The highest BCUT2D eigenvalue weighted by molar-refractivity contribution is 9.10. The first-order valence-electron chi connectivity index (χ1n) is 6.72. The van der Waals surface area contributed by atoms with Crippen LogP contribution in [0.5, 0.6) is 0 Å². The molecule has 1 aromatic carbocycles. The summed E-state index contributed by atoms with van der Waals surface area (Å²) in [6.07, 6.45) is 0.599. The third-order valence-electron chi connectivity index (χ3n) is 2.90. The topological polar surface area (TPSA) is 58.2 Å². The molecule has 20 heavy (non-hydrogen) atoms. The molecule has 0 saturated carbocycles. The van der Waals surface area contributed by atoms with Gasteiger partial charge in [-0.1, -0.05) is 29.8 Å². The smallest absolute Gasteiger partial charge is 0.232 e. The number of hydrogen-bond acceptors (Lipinski definition) is 3. The number of sulfonamides is 1. The van der Waals surface area contributed by atoms with Crippen LogP contribution in [0.1, 0.15) is 31.4 Å². The van der Waals surface area contributed by atoms with Crippen molar-refractivity contribution < 1.29 is 8.42 Å². The minimum atomic E-state index is -3.30. The predicted octanol–water partition coefficient (Wildman–Crippen LogP) is 3.20. The van der Waals surface area contributed by atoms with E-state index in [1.165, 1.54) is 0 Å². The van der Waals surface area contributed by atoms with Crippen molar-refractivity contribution >= 4 is 31.6 Å². The number of benzene rings is 1. The summed E-state index contributed by atoms with van der Waals surface area (Å²) in [7, 11) is -3.30. The van der Waals surface area contributed by atoms with Crippen molar-refractivity contribution in [3.63, 3.8) is 0 Å². The van der Waals surface area contributed by atoms with E-state index < -0.39 is 10.0 Å². The molecule has 0 aliphatic carbocycles. The van der Waals surface area contributed by atoms with Gasteiger partial charge in [-0.2, -0.15) is 0 Å². The fourth-order valence-corrected chi connectivity index (χ4v) is 3.88. The molecule has 0 bridgehead atoms. The Morgan fingerprint density at radius 1 is 1.20 bits per heavy atom. The largest absolute Gasteiger partial charge is 0.314 e. The first-order chi connectivity index (χ1) is 9.21. The number of rotatable bonds is 7. The lowest BCUT2D eigenvalue weighted by molar-refractivity contribution is 0.571. The van der Waals surface area contributed by atoms with Crippen molar-refractivity contribution in [3.05, 3.63) is 27.7 Å². The van der Waals surface area contributed by atoms with Crippen LogP contribution in [0, 0.1) is 13.8 Å². The Hall–Kier alpha value is -0.590. The molecule has 4 nitrogen and oxygen atoms in total. The second kappa shape index (κ2) is 7.43. The molecular weight excluding hydrogens is 340 g/mol. The van der Waals surface area contributed by atoms with Crippen LogP contribution >= 0.6 is 15.9 Å². The minimum absolute atomic E-state index is 0.127. The fraction of sp³-hybridized carbons (Fsp3) is 0.571. The molecule has 0 heterocycles. The van der Waals surface area contributed by atoms with E-state index in [2.05, 4.69) is 26.0 Å². The predicted molar refractivity (Wildman–Crippen MR) is 88.8 cm³/mol. The van der Waals surface area contributed by atoms with Gasteiger partial charge in [-0.25, -0.2) is 8.42 Å². The van der Waals surface area contributed by atoms with Gasteiger partial charge in [0.2, 0.25) is 10.0 Å². The van der Waals surface area contributed by atoms with Gasteiger partial charge in [-0.05, 0) is 50.1 Å². The van der Waals surface area contributed by atoms with Gasteiger partial charge in [0.25, 0.3) is 0 Å². The quantitative estimate of drug-likeness (QED) is 0.732. The van der Waals surface area contributed by atoms with Crippen LogP contribution in [0.15, 0.2) is 16.6 Å². The first-order valence-corrected chi connectivity index (χ1v) is 9.16. The normalized spacial score (nSPS) is 11.9. The van der Waals surface area contributed by atoms with Gasteiger partial charge < -0.3 is 5.32 Å². The number of hydrogen-bond donors (Lipinski definition) is 2. The lowest BCUT2D eigenvalue weighted by Crippen LogP contribution is -2.26. The Kier molecular flexibility index (Phi) is 6.48. The summed E-state index contributed by atoms with van der Waals surface area (Å²) in [5.74, 6) is 0.127. The molecule has 0 aromatic heterocycles. The van der Waals surface area contributed by atoms with E-state index in [4.69, 9.17) is 0 Å². The highest BCUT2D eigenvalue weighted by atomic mass is 79.9. The van der Waals surface area contributed by atoms with E-state index in [0.717, 1.165) is 15.6 Å². The van der Waals surface area contributed by atoms with Crippen LogP contribution in [-0.2, 0) is 10.0 Å². The molecule has 0 unspecified atom stereocenters. The maximum Gasteiger partial charge on any atom is 0.232 e. The standard InChI is InChI=1S/C14H23BrN2O2S/c1-10(2)16-6-5-7-20(18,19)17-14-11(3)8-13(15)9-12(14)4/h8-10,16-17H,5-7H2,1-4H3. The monoisotopic (exact) mass is 362 g/mol. The van der Waals surface area contributed by atoms with Crippen LogP contribution < -0.4 is 10.0 Å². The zero-order chi connectivity index (χ0) is 15.3. The van der Waals surface area contributed by atoms with Gasteiger partial charge in [0.1, 0.15) is 0 Å². The molecule has 0 spiro atoms. The van der Waals surface area contributed by atoms with Crippen LogP contribution in [0.4, 0.5) is 5.69 Å². The van der Waals surface area contributed by atoms with Gasteiger partial charge in [0.05, 0.1) is 11.4 Å². The Morgan fingerprint density at radius 3 is 2.25 bits per heavy atom. The lowest BCUT2D eigenvalue weighted by Gasteiger charge is -2.14. The summed E-state index contributed by atoms with van der Waals surface area (Å²) in [6.45, 7) is 8.59. The van der Waals surface area contributed by atoms with Crippen molar-refractivity contribution in [2.24, 2.45) is 0 Å². The third kappa shape index (κ3) is 5.81. The molecular formula is C14H23BrN2O2S. The van der Waals surface area contributed by atoms with Crippen LogP contribution in [0.25, 0.3) is 0 Å². The summed E-state index contributed by atoms with van der Waals surface area (Å²) in [6, 6.07) is 4.19. The summed E-state index contributed by atoms with van der Waals surface area (Å²) in [4.78, 5) is 0. The first kappa shape index (κ1) is 17.5. The molecule has 0 saturated heterocycles. The highest BCUT2D eigenvalue weighted by Crippen LogP contribution is 2.26. The molecule has 0 aliphatic heterocycles. The average Bonchev–Trinajstić information content (AvgIpc) is 2.29. The molecule has 0 atom stereocenters. The summed E-state index contributed by atoms with van der Waals surface area (Å²) in [5, 5.41) is 3.21. The second-order valence-corrected chi connectivity index (χ2v) is 8.06. The fourth-order valence-electron chi connectivity index (χ4n) is 1.93. The maximum atomic E-state index is 12.1. The van der Waals surface area contributed by atoms with Gasteiger partial charge >= 0.3 is 0 Å². The SMILES string of the molecule is Cc1cc(Br)cc(C)c1NS(=O)(=O)CCCNC(C)C. The van der Waals surface area contributed by atoms with E-state index in [1.807, 2.05) is 39.8 Å². The van der Waals surface area contributed by atoms with Crippen LogP contribution in [0.2, 0.25) is 0 Å². The van der Waals surface area contributed by atoms with Crippen molar-refractivity contribution in [3.8, 4) is 0 Å². The van der Waals surface area contributed by atoms with Crippen molar-refractivity contribution in [1.29, 1.82) is 0 Å². The van der Waals surface area contributed by atoms with Crippen LogP contribution in [0.3, 0.4) is 0 Å². The van der Waals surface area contributed by atoms with Crippen molar-refractivity contribution in [1.82, 2.24) is 5.32 Å². The second-order valence-electron chi connectivity index (χ2n) is 5.30. The summed E-state index contributed by atoms with van der Waals surface area (Å²) >= 11 is 3.41. The average molecular weight is 363 g/mol. The zero-order valence-electron chi connectivity index (χ0n) is 12.5. The summed E-state index contributed by atoms with van der Waals surface area (Å²) in [5.41, 5.74) is 2.52. The molecule has 0 aliphatic rings. The number of nitrogens with one attached hydrogen (secondary N) is 2. The Balaban J connectivity index is 2.67. The Labute approximate surface area is 130 Å². The van der Waals surface area contributed by atoms with Gasteiger partial charge in [0.15, 0.2) is 0 Å². The van der Waals surface area contributed by atoms with E-state index in [9.17, 15) is 8.42 Å². The van der Waals surface area contributed by atoms with Crippen molar-refractivity contribution in [2.45, 2.75) is 40.2 Å². The molecule has 1 rings (SSSR count). The van der Waals surface area contributed by atoms with E-state index in [0.29, 0.717) is 24.7 Å². The number of aryl methyl sites for hydroxylation is 2. The summed E-state index contributed by atoms with van der Waals surface area (Å²) < 4.78 is 27.8. The number of halogens is 1. The van der Waals surface area contributed by atoms with Crippen molar-refractivity contribution in [2.75, 3.05) is 17.0 Å². The zero-order valence-corrected chi connectivity index (χ0v) is 14.9. The van der Waals surface area contributed by atoms with E-state index >= 15 is 0 Å². The Bertz CT molecular complexity index is 533.